The van der Waals surface area contributed by atoms with Crippen LogP contribution in [0.15, 0.2) is 70.0 Å². The van der Waals surface area contributed by atoms with E-state index in [2.05, 4.69) is 43.3 Å². The number of carbonyl (C=O) groups excluding carboxylic acids is 1. The van der Waals surface area contributed by atoms with Crippen LogP contribution >= 0.6 is 24.0 Å². The Morgan fingerprint density at radius 1 is 1.11 bits per heavy atom. The van der Waals surface area contributed by atoms with Gasteiger partial charge >= 0.3 is 0 Å². The van der Waals surface area contributed by atoms with E-state index in [0.717, 1.165) is 32.2 Å². The molecule has 0 N–H and O–H groups in total. The maximum atomic E-state index is 12.5. The molecule has 1 atom stereocenters. The van der Waals surface area contributed by atoms with Gasteiger partial charge in [0.15, 0.2) is 5.78 Å². The average molecular weight is 397 g/mol. The second-order valence-electron chi connectivity index (χ2n) is 6.73. The SMILES string of the molecule is CCC1=C(Sc2ccccc2)C(COCc2ccc(C)cc2)C(=S)CC1=O. The van der Waals surface area contributed by atoms with Crippen molar-refractivity contribution in [3.05, 3.63) is 76.2 Å². The van der Waals surface area contributed by atoms with Crippen molar-refractivity contribution in [2.24, 2.45) is 5.92 Å². The average Bonchev–Trinajstić information content (AvgIpc) is 2.66. The summed E-state index contributed by atoms with van der Waals surface area (Å²) in [5, 5.41) is 0. The van der Waals surface area contributed by atoms with Gasteiger partial charge in [-0.2, -0.15) is 0 Å². The highest BCUT2D eigenvalue weighted by Gasteiger charge is 2.32. The summed E-state index contributed by atoms with van der Waals surface area (Å²) < 4.78 is 6.02. The fourth-order valence-electron chi connectivity index (χ4n) is 3.15. The Kier molecular flexibility index (Phi) is 7.00. The Balaban J connectivity index is 1.77. The van der Waals surface area contributed by atoms with Crippen molar-refractivity contribution in [3.63, 3.8) is 0 Å². The third-order valence-corrected chi connectivity index (χ3v) is 6.36. The minimum atomic E-state index is 0.00306. The van der Waals surface area contributed by atoms with E-state index < -0.39 is 0 Å². The van der Waals surface area contributed by atoms with Crippen molar-refractivity contribution in [3.8, 4) is 0 Å². The number of benzene rings is 2. The molecule has 1 aliphatic rings. The number of hydrogen-bond acceptors (Lipinski definition) is 4. The zero-order valence-corrected chi connectivity index (χ0v) is 17.4. The molecular weight excluding hydrogens is 372 g/mol. The normalized spacial score (nSPS) is 17.5. The van der Waals surface area contributed by atoms with Gasteiger partial charge < -0.3 is 4.74 Å². The summed E-state index contributed by atoms with van der Waals surface area (Å²) in [5.41, 5.74) is 3.29. The van der Waals surface area contributed by atoms with Crippen LogP contribution in [0.25, 0.3) is 0 Å². The molecule has 0 saturated carbocycles. The number of carbonyl (C=O) groups is 1. The predicted octanol–water partition coefficient (Wildman–Crippen LogP) is 5.93. The van der Waals surface area contributed by atoms with E-state index >= 15 is 0 Å². The molecule has 4 heteroatoms. The molecule has 1 unspecified atom stereocenters. The highest BCUT2D eigenvalue weighted by atomic mass is 32.2. The lowest BCUT2D eigenvalue weighted by molar-refractivity contribution is -0.114. The van der Waals surface area contributed by atoms with Crippen LogP contribution in [0.1, 0.15) is 30.9 Å². The van der Waals surface area contributed by atoms with Gasteiger partial charge in [-0.05, 0) is 31.0 Å². The molecule has 0 radical (unpaired) electrons. The van der Waals surface area contributed by atoms with Crippen molar-refractivity contribution in [1.82, 2.24) is 0 Å². The van der Waals surface area contributed by atoms with Crippen LogP contribution in [0.5, 0.6) is 0 Å². The van der Waals surface area contributed by atoms with Crippen LogP contribution < -0.4 is 0 Å². The van der Waals surface area contributed by atoms with Gasteiger partial charge in [-0.3, -0.25) is 4.79 Å². The van der Waals surface area contributed by atoms with Gasteiger partial charge in [0.1, 0.15) is 0 Å². The first-order valence-corrected chi connectivity index (χ1v) is 10.5. The van der Waals surface area contributed by atoms with E-state index in [1.165, 1.54) is 5.56 Å². The lowest BCUT2D eigenvalue weighted by atomic mass is 9.88. The molecule has 0 bridgehead atoms. The number of rotatable bonds is 7. The Bertz CT molecular complexity index is 838. The van der Waals surface area contributed by atoms with Gasteiger partial charge in [-0.15, -0.1) is 0 Å². The van der Waals surface area contributed by atoms with Crippen molar-refractivity contribution < 1.29 is 9.53 Å². The summed E-state index contributed by atoms with van der Waals surface area (Å²) in [6, 6.07) is 18.5. The molecule has 2 nitrogen and oxygen atoms in total. The molecule has 0 saturated heterocycles. The minimum absolute atomic E-state index is 0.00306. The second kappa shape index (κ2) is 9.45. The molecular formula is C23H24O2S2. The molecule has 1 aliphatic carbocycles. The summed E-state index contributed by atoms with van der Waals surface area (Å²) in [5.74, 6) is 0.166. The first-order valence-electron chi connectivity index (χ1n) is 9.23. The van der Waals surface area contributed by atoms with E-state index in [0.29, 0.717) is 19.6 Å². The first kappa shape index (κ1) is 20.0. The van der Waals surface area contributed by atoms with E-state index in [1.807, 2.05) is 25.1 Å². The molecule has 0 fully saturated rings. The molecule has 0 heterocycles. The summed E-state index contributed by atoms with van der Waals surface area (Å²) in [6.07, 6.45) is 1.08. The topological polar surface area (TPSA) is 26.3 Å². The number of hydrogen-bond donors (Lipinski definition) is 0. The third-order valence-electron chi connectivity index (χ3n) is 4.67. The molecule has 0 aromatic heterocycles. The smallest absolute Gasteiger partial charge is 0.164 e. The molecule has 27 heavy (non-hydrogen) atoms. The summed E-state index contributed by atoms with van der Waals surface area (Å²) in [7, 11) is 0. The quantitative estimate of drug-likeness (QED) is 0.542. The molecule has 2 aromatic carbocycles. The van der Waals surface area contributed by atoms with Crippen molar-refractivity contribution in [2.45, 2.75) is 38.2 Å². The van der Waals surface area contributed by atoms with Crippen molar-refractivity contribution in [2.75, 3.05) is 6.61 Å². The predicted molar refractivity (Wildman–Crippen MR) is 116 cm³/mol. The molecule has 0 amide bonds. The fourth-order valence-corrected chi connectivity index (χ4v) is 4.82. The molecule has 2 aromatic rings. The Morgan fingerprint density at radius 3 is 2.48 bits per heavy atom. The first-order chi connectivity index (χ1) is 13.1. The number of thioether (sulfide) groups is 1. The Morgan fingerprint density at radius 2 is 1.81 bits per heavy atom. The van der Waals surface area contributed by atoms with Crippen LogP contribution in [0.4, 0.5) is 0 Å². The zero-order chi connectivity index (χ0) is 19.2. The lowest BCUT2D eigenvalue weighted by Crippen LogP contribution is -2.29. The summed E-state index contributed by atoms with van der Waals surface area (Å²) in [4.78, 5) is 15.5. The van der Waals surface area contributed by atoms with Gasteiger partial charge in [-0.25, -0.2) is 0 Å². The third kappa shape index (κ3) is 5.16. The standard InChI is InChI=1S/C23H24O2S2/c1-3-19-21(24)13-22(26)20(23(19)27-18-7-5-4-6-8-18)15-25-14-17-11-9-16(2)10-12-17/h4-12,20H,3,13-15H2,1-2H3. The number of thiocarbonyl (C=S) groups is 1. The summed E-state index contributed by atoms with van der Waals surface area (Å²) in [6.45, 7) is 5.18. The second-order valence-corrected chi connectivity index (χ2v) is 8.37. The van der Waals surface area contributed by atoms with Crippen LogP contribution in [0, 0.1) is 12.8 Å². The van der Waals surface area contributed by atoms with E-state index in [1.54, 1.807) is 11.8 Å². The maximum Gasteiger partial charge on any atom is 0.164 e. The monoisotopic (exact) mass is 396 g/mol. The number of ether oxygens (including phenoxy) is 1. The highest BCUT2D eigenvalue weighted by Crippen LogP contribution is 2.40. The fraction of sp³-hybridized carbons (Fsp3) is 0.304. The van der Waals surface area contributed by atoms with Gasteiger partial charge in [0, 0.05) is 32.6 Å². The van der Waals surface area contributed by atoms with E-state index in [4.69, 9.17) is 17.0 Å². The van der Waals surface area contributed by atoms with Crippen LogP contribution in [0.2, 0.25) is 0 Å². The summed E-state index contributed by atoms with van der Waals surface area (Å²) >= 11 is 7.25. The largest absolute Gasteiger partial charge is 0.376 e. The Hall–Kier alpha value is -1.75. The molecule has 0 spiro atoms. The highest BCUT2D eigenvalue weighted by molar-refractivity contribution is 8.03. The minimum Gasteiger partial charge on any atom is -0.376 e. The number of allylic oxidation sites excluding steroid dienone is 1. The van der Waals surface area contributed by atoms with Crippen molar-refractivity contribution in [1.29, 1.82) is 0 Å². The Labute approximate surface area is 171 Å². The number of Topliss-reactive ketones (excluding diaryl/α,β-unsaturated/α-hetero) is 1. The van der Waals surface area contributed by atoms with Gasteiger partial charge in [0.25, 0.3) is 0 Å². The van der Waals surface area contributed by atoms with Crippen LogP contribution in [-0.4, -0.2) is 17.3 Å². The van der Waals surface area contributed by atoms with E-state index in [9.17, 15) is 4.79 Å². The molecule has 0 aliphatic heterocycles. The molecule has 140 valence electrons. The van der Waals surface area contributed by atoms with Crippen LogP contribution in [0.3, 0.4) is 0 Å². The zero-order valence-electron chi connectivity index (χ0n) is 15.7. The van der Waals surface area contributed by atoms with E-state index in [-0.39, 0.29) is 11.7 Å². The number of ketones is 1. The van der Waals surface area contributed by atoms with Gasteiger partial charge in [0.05, 0.1) is 13.2 Å². The van der Waals surface area contributed by atoms with Gasteiger partial charge in [-0.1, -0.05) is 78.9 Å². The van der Waals surface area contributed by atoms with Gasteiger partial charge in [0.2, 0.25) is 0 Å². The lowest BCUT2D eigenvalue weighted by Gasteiger charge is -2.28. The molecule has 3 rings (SSSR count). The van der Waals surface area contributed by atoms with Crippen molar-refractivity contribution >= 4 is 34.6 Å². The number of aryl methyl sites for hydroxylation is 1. The maximum absolute atomic E-state index is 12.5. The van der Waals surface area contributed by atoms with Crippen LogP contribution in [-0.2, 0) is 16.1 Å².